The lowest BCUT2D eigenvalue weighted by Gasteiger charge is -2.13. The highest BCUT2D eigenvalue weighted by atomic mass is 32.1. The number of amides is 1. The first-order valence-corrected chi connectivity index (χ1v) is 7.78. The van der Waals surface area contributed by atoms with E-state index in [-0.39, 0.29) is 11.3 Å². The lowest BCUT2D eigenvalue weighted by molar-refractivity contribution is -0.115. The van der Waals surface area contributed by atoms with Crippen LogP contribution in [0.2, 0.25) is 0 Å². The maximum Gasteiger partial charge on any atom is 0.229 e. The summed E-state index contributed by atoms with van der Waals surface area (Å²) in [4.78, 5) is 16.2. The first kappa shape index (κ1) is 14.7. The van der Waals surface area contributed by atoms with Crippen LogP contribution in [-0.4, -0.2) is 15.3 Å². The Morgan fingerprint density at radius 2 is 2.14 bits per heavy atom. The summed E-state index contributed by atoms with van der Waals surface area (Å²) in [6.45, 7) is 6.29. The van der Waals surface area contributed by atoms with E-state index in [1.807, 2.05) is 24.3 Å². The van der Waals surface area contributed by atoms with Gasteiger partial charge in [0.15, 0.2) is 12.0 Å². The highest BCUT2D eigenvalue weighted by molar-refractivity contribution is 7.10. The van der Waals surface area contributed by atoms with Crippen molar-refractivity contribution in [1.82, 2.24) is 9.36 Å². The Hall–Kier alpha value is -2.21. The van der Waals surface area contributed by atoms with E-state index >= 15 is 0 Å². The van der Waals surface area contributed by atoms with E-state index in [1.54, 1.807) is 0 Å². The summed E-state index contributed by atoms with van der Waals surface area (Å²) in [6, 6.07) is 7.50. The van der Waals surface area contributed by atoms with Crippen molar-refractivity contribution in [2.24, 2.45) is 0 Å². The van der Waals surface area contributed by atoms with E-state index in [0.29, 0.717) is 6.42 Å². The molecule has 114 valence electrons. The average molecular weight is 315 g/mol. The number of oxazole rings is 1. The Labute approximate surface area is 132 Å². The molecule has 22 heavy (non-hydrogen) atoms. The Morgan fingerprint density at radius 1 is 1.32 bits per heavy atom. The molecule has 0 aliphatic heterocycles. The molecule has 0 bridgehead atoms. The number of benzene rings is 1. The van der Waals surface area contributed by atoms with Crippen molar-refractivity contribution >= 4 is 33.5 Å². The number of hydrogen-bond donors (Lipinski definition) is 1. The smallest absolute Gasteiger partial charge is 0.229 e. The minimum Gasteiger partial charge on any atom is -0.443 e. The van der Waals surface area contributed by atoms with Crippen molar-refractivity contribution in [3.8, 4) is 0 Å². The summed E-state index contributed by atoms with van der Waals surface area (Å²) >= 11 is 1.31. The Balaban J connectivity index is 1.68. The van der Waals surface area contributed by atoms with Gasteiger partial charge in [-0.3, -0.25) is 4.79 Å². The summed E-state index contributed by atoms with van der Waals surface area (Å²) < 4.78 is 9.58. The first-order chi connectivity index (χ1) is 10.4. The van der Waals surface area contributed by atoms with Gasteiger partial charge in [-0.2, -0.15) is 4.37 Å². The molecule has 0 aliphatic carbocycles. The second-order valence-corrected chi connectivity index (χ2v) is 7.01. The van der Waals surface area contributed by atoms with Gasteiger partial charge in [0.1, 0.15) is 10.5 Å². The van der Waals surface area contributed by atoms with E-state index in [2.05, 4.69) is 35.4 Å². The van der Waals surface area contributed by atoms with Crippen molar-refractivity contribution in [1.29, 1.82) is 0 Å². The van der Waals surface area contributed by atoms with Gasteiger partial charge in [-0.1, -0.05) is 26.8 Å². The molecule has 1 aromatic carbocycles. The molecule has 0 unspecified atom stereocenters. The number of nitrogens with one attached hydrogen (secondary N) is 1. The van der Waals surface area contributed by atoms with Crippen LogP contribution in [0, 0.1) is 0 Å². The van der Waals surface area contributed by atoms with Crippen LogP contribution in [0.25, 0.3) is 11.1 Å². The number of fused-ring (bicyclic) bond motifs is 1. The van der Waals surface area contributed by atoms with Crippen LogP contribution in [0.3, 0.4) is 0 Å². The third-order valence-electron chi connectivity index (χ3n) is 3.30. The SMILES string of the molecule is CC(C)(C)c1cc(NC(=O)Cc2ccc3ocnc3c2)sn1. The molecule has 5 nitrogen and oxygen atoms in total. The van der Waals surface area contributed by atoms with E-state index in [0.717, 1.165) is 27.4 Å². The number of carbonyl (C=O) groups is 1. The van der Waals surface area contributed by atoms with Gasteiger partial charge < -0.3 is 9.73 Å². The second-order valence-electron chi connectivity index (χ2n) is 6.21. The molecule has 1 amide bonds. The van der Waals surface area contributed by atoms with Crippen LogP contribution in [-0.2, 0) is 16.6 Å². The molecule has 3 rings (SSSR count). The number of carbonyl (C=O) groups excluding carboxylic acids is 1. The largest absolute Gasteiger partial charge is 0.443 e. The van der Waals surface area contributed by atoms with Crippen molar-refractivity contribution < 1.29 is 9.21 Å². The topological polar surface area (TPSA) is 68.0 Å². The molecule has 6 heteroatoms. The number of hydrogen-bond acceptors (Lipinski definition) is 5. The van der Waals surface area contributed by atoms with Gasteiger partial charge in [0.2, 0.25) is 5.91 Å². The monoisotopic (exact) mass is 315 g/mol. The number of anilines is 1. The van der Waals surface area contributed by atoms with Crippen LogP contribution in [0.15, 0.2) is 35.1 Å². The van der Waals surface area contributed by atoms with Gasteiger partial charge in [-0.05, 0) is 35.3 Å². The molecule has 0 atom stereocenters. The number of aromatic nitrogens is 2. The second kappa shape index (κ2) is 5.53. The summed E-state index contributed by atoms with van der Waals surface area (Å²) in [6.07, 6.45) is 1.70. The van der Waals surface area contributed by atoms with Gasteiger partial charge in [0, 0.05) is 5.41 Å². The maximum absolute atomic E-state index is 12.1. The van der Waals surface area contributed by atoms with Gasteiger partial charge >= 0.3 is 0 Å². The Bertz CT molecular complexity index is 814. The molecule has 0 saturated carbocycles. The minimum atomic E-state index is -0.0630. The van der Waals surface area contributed by atoms with E-state index in [1.165, 1.54) is 17.9 Å². The maximum atomic E-state index is 12.1. The van der Waals surface area contributed by atoms with Gasteiger partial charge in [0.05, 0.1) is 12.1 Å². The highest BCUT2D eigenvalue weighted by Gasteiger charge is 2.18. The predicted octanol–water partition coefficient (Wildman–Crippen LogP) is 3.76. The lowest BCUT2D eigenvalue weighted by Crippen LogP contribution is -2.14. The molecule has 0 fully saturated rings. The summed E-state index contributed by atoms with van der Waals surface area (Å²) in [5.74, 6) is -0.0630. The van der Waals surface area contributed by atoms with Gasteiger partial charge in [0.25, 0.3) is 0 Å². The predicted molar refractivity (Wildman–Crippen MR) is 87.2 cm³/mol. The van der Waals surface area contributed by atoms with Crippen LogP contribution in [0.4, 0.5) is 5.00 Å². The van der Waals surface area contributed by atoms with Crippen LogP contribution >= 0.6 is 11.5 Å². The third-order valence-corrected chi connectivity index (χ3v) is 4.01. The van der Waals surface area contributed by atoms with E-state index < -0.39 is 0 Å². The van der Waals surface area contributed by atoms with Gasteiger partial charge in [-0.15, -0.1) is 0 Å². The zero-order valence-electron chi connectivity index (χ0n) is 12.7. The molecule has 2 aromatic heterocycles. The van der Waals surface area contributed by atoms with Crippen LogP contribution in [0.1, 0.15) is 32.0 Å². The summed E-state index contributed by atoms with van der Waals surface area (Å²) in [5.41, 5.74) is 3.35. The molecule has 0 saturated heterocycles. The molecule has 0 aliphatic rings. The third kappa shape index (κ3) is 3.17. The molecule has 0 radical (unpaired) electrons. The standard InChI is InChI=1S/C16H17N3O2S/c1-16(2,3)13-8-15(22-19-13)18-14(20)7-10-4-5-12-11(6-10)17-9-21-12/h4-6,8-9H,7H2,1-3H3,(H,18,20). The fourth-order valence-corrected chi connectivity index (χ4v) is 2.92. The summed E-state index contributed by atoms with van der Waals surface area (Å²) in [5, 5.41) is 3.67. The normalized spacial score (nSPS) is 11.8. The summed E-state index contributed by atoms with van der Waals surface area (Å²) in [7, 11) is 0. The lowest BCUT2D eigenvalue weighted by atomic mass is 9.92. The Kier molecular flexibility index (Phi) is 3.70. The van der Waals surface area contributed by atoms with Gasteiger partial charge in [-0.25, -0.2) is 4.98 Å². The molecule has 2 heterocycles. The molecular weight excluding hydrogens is 298 g/mol. The molecule has 1 N–H and O–H groups in total. The number of rotatable bonds is 3. The molecular formula is C16H17N3O2S. The fourth-order valence-electron chi connectivity index (χ4n) is 2.07. The molecule has 0 spiro atoms. The van der Waals surface area contributed by atoms with Crippen molar-refractivity contribution in [3.63, 3.8) is 0 Å². The quantitative estimate of drug-likeness (QED) is 0.799. The minimum absolute atomic E-state index is 0.0164. The van der Waals surface area contributed by atoms with Crippen molar-refractivity contribution in [3.05, 3.63) is 41.9 Å². The van der Waals surface area contributed by atoms with Crippen molar-refractivity contribution in [2.45, 2.75) is 32.6 Å². The van der Waals surface area contributed by atoms with Crippen molar-refractivity contribution in [2.75, 3.05) is 5.32 Å². The Morgan fingerprint density at radius 3 is 2.86 bits per heavy atom. The van der Waals surface area contributed by atoms with Crippen LogP contribution < -0.4 is 5.32 Å². The fraction of sp³-hybridized carbons (Fsp3) is 0.312. The van der Waals surface area contributed by atoms with Crippen LogP contribution in [0.5, 0.6) is 0 Å². The number of nitrogens with zero attached hydrogens (tertiary/aromatic N) is 2. The van der Waals surface area contributed by atoms with E-state index in [4.69, 9.17) is 4.42 Å². The first-order valence-electron chi connectivity index (χ1n) is 7.01. The zero-order chi connectivity index (χ0) is 15.7. The average Bonchev–Trinajstić information content (AvgIpc) is 3.05. The molecule has 3 aromatic rings. The highest BCUT2D eigenvalue weighted by Crippen LogP contribution is 2.27. The zero-order valence-corrected chi connectivity index (χ0v) is 13.5. The van der Waals surface area contributed by atoms with E-state index in [9.17, 15) is 4.79 Å².